The summed E-state index contributed by atoms with van der Waals surface area (Å²) in [6, 6.07) is 0. The van der Waals surface area contributed by atoms with Crippen LogP contribution in [0.3, 0.4) is 0 Å². The summed E-state index contributed by atoms with van der Waals surface area (Å²) < 4.78 is 0. The predicted molar refractivity (Wildman–Crippen MR) is 42.5 cm³/mol. The molecule has 56 valence electrons. The number of hydrogen-bond acceptors (Lipinski definition) is 3. The molecule has 0 aromatic rings. The third-order valence-electron chi connectivity index (χ3n) is 0.870. The van der Waals surface area contributed by atoms with Crippen molar-refractivity contribution < 1.29 is 0 Å². The summed E-state index contributed by atoms with van der Waals surface area (Å²) in [7, 11) is 0. The lowest BCUT2D eigenvalue weighted by atomic mass is 10.5. The quantitative estimate of drug-likeness (QED) is 0.508. The minimum Gasteiger partial charge on any atom is -0.377 e. The van der Waals surface area contributed by atoms with Gasteiger partial charge in [-0.05, 0) is 6.20 Å². The van der Waals surface area contributed by atoms with Crippen LogP contribution in [0.15, 0.2) is 12.3 Å². The maximum atomic E-state index is 5.35. The fraction of sp³-hybridized carbons (Fsp3) is 0.500. The zero-order valence-corrected chi connectivity index (χ0v) is 6.54. The lowest BCUT2D eigenvalue weighted by Crippen LogP contribution is -2.40. The third kappa shape index (κ3) is 4.54. The minimum atomic E-state index is 0. The molecule has 1 aliphatic rings. The van der Waals surface area contributed by atoms with E-state index in [9.17, 15) is 0 Å². The lowest BCUT2D eigenvalue weighted by Gasteiger charge is -2.17. The highest BCUT2D eigenvalue weighted by molar-refractivity contribution is 5.85. The smallest absolute Gasteiger partial charge is 0.0808 e. The van der Waals surface area contributed by atoms with Crippen molar-refractivity contribution in [2.24, 2.45) is 5.84 Å². The van der Waals surface area contributed by atoms with E-state index >= 15 is 0 Å². The zero-order valence-electron chi connectivity index (χ0n) is 4.91. The number of halogens is 2. The molecule has 9 heavy (non-hydrogen) atoms. The molecule has 0 fully saturated rings. The molecule has 1 aliphatic heterocycles. The average Bonchev–Trinajstić information content (AvgIpc) is 1.69. The fourth-order valence-electron chi connectivity index (χ4n) is 0.506. The van der Waals surface area contributed by atoms with E-state index in [1.807, 2.05) is 12.3 Å². The number of hydrazine groups is 1. The molecule has 0 saturated carbocycles. The molecule has 0 aromatic heterocycles. The van der Waals surface area contributed by atoms with Gasteiger partial charge in [0.05, 0.1) is 6.67 Å². The first-order chi connectivity index (χ1) is 3.39. The molecule has 0 bridgehead atoms. The molecule has 5 heteroatoms. The molecular weight excluding hydrogens is 161 g/mol. The molecule has 1 heterocycles. The standard InChI is InChI=1S/C4H9N3.2ClH/c5-7-3-1-2-6-4-7;;/h1-2,6H,3-5H2;2*1H. The van der Waals surface area contributed by atoms with E-state index in [-0.39, 0.29) is 24.8 Å². The molecular formula is C4H11Cl2N3. The van der Waals surface area contributed by atoms with Crippen LogP contribution >= 0.6 is 24.8 Å². The fourth-order valence-corrected chi connectivity index (χ4v) is 0.506. The van der Waals surface area contributed by atoms with E-state index in [1.165, 1.54) is 0 Å². The van der Waals surface area contributed by atoms with Crippen molar-refractivity contribution in [2.75, 3.05) is 13.2 Å². The first-order valence-corrected chi connectivity index (χ1v) is 2.27. The summed E-state index contributed by atoms with van der Waals surface area (Å²) in [5, 5.41) is 4.65. The second-order valence-electron chi connectivity index (χ2n) is 1.54. The number of nitrogens with two attached hydrogens (primary N) is 1. The topological polar surface area (TPSA) is 41.3 Å². The van der Waals surface area contributed by atoms with Gasteiger partial charge in [0.1, 0.15) is 0 Å². The van der Waals surface area contributed by atoms with Gasteiger partial charge in [-0.15, -0.1) is 24.8 Å². The number of hydrogen-bond donors (Lipinski definition) is 2. The summed E-state index contributed by atoms with van der Waals surface area (Å²) in [5.41, 5.74) is 0. The van der Waals surface area contributed by atoms with E-state index in [1.54, 1.807) is 5.01 Å². The Kier molecular flexibility index (Phi) is 8.08. The van der Waals surface area contributed by atoms with E-state index in [0.717, 1.165) is 13.2 Å². The van der Waals surface area contributed by atoms with Crippen molar-refractivity contribution in [3.8, 4) is 0 Å². The average molecular weight is 172 g/mol. The Hall–Kier alpha value is 0.0400. The Bertz CT molecular complexity index is 85.9. The van der Waals surface area contributed by atoms with Gasteiger partial charge in [0.15, 0.2) is 0 Å². The van der Waals surface area contributed by atoms with Gasteiger partial charge in [0.25, 0.3) is 0 Å². The number of nitrogens with zero attached hydrogens (tertiary/aromatic N) is 1. The molecule has 3 nitrogen and oxygen atoms in total. The van der Waals surface area contributed by atoms with Gasteiger partial charge in [-0.1, -0.05) is 6.08 Å². The van der Waals surface area contributed by atoms with Crippen LogP contribution in [0.2, 0.25) is 0 Å². The highest BCUT2D eigenvalue weighted by Gasteiger charge is 1.94. The number of rotatable bonds is 0. The van der Waals surface area contributed by atoms with Gasteiger partial charge in [-0.25, -0.2) is 5.01 Å². The van der Waals surface area contributed by atoms with Gasteiger partial charge < -0.3 is 5.32 Å². The van der Waals surface area contributed by atoms with Gasteiger partial charge in [-0.3, -0.25) is 5.84 Å². The Morgan fingerprint density at radius 1 is 1.44 bits per heavy atom. The van der Waals surface area contributed by atoms with Crippen LogP contribution in [-0.2, 0) is 0 Å². The Morgan fingerprint density at radius 2 is 2.11 bits per heavy atom. The Morgan fingerprint density at radius 3 is 2.33 bits per heavy atom. The van der Waals surface area contributed by atoms with Crippen LogP contribution in [0.4, 0.5) is 0 Å². The number of nitrogens with one attached hydrogen (secondary N) is 1. The first kappa shape index (κ1) is 11.8. The van der Waals surface area contributed by atoms with E-state index in [0.29, 0.717) is 0 Å². The Balaban J connectivity index is 0. The summed E-state index contributed by atoms with van der Waals surface area (Å²) >= 11 is 0. The molecule has 0 aliphatic carbocycles. The normalized spacial score (nSPS) is 17.0. The second-order valence-corrected chi connectivity index (χ2v) is 1.54. The minimum absolute atomic E-state index is 0. The maximum Gasteiger partial charge on any atom is 0.0808 e. The van der Waals surface area contributed by atoms with Gasteiger partial charge in [0.2, 0.25) is 0 Å². The second kappa shape index (κ2) is 6.16. The molecule has 0 atom stereocenters. The highest BCUT2D eigenvalue weighted by atomic mass is 35.5. The van der Waals surface area contributed by atoms with Crippen molar-refractivity contribution in [2.45, 2.75) is 0 Å². The van der Waals surface area contributed by atoms with Crippen LogP contribution in [0, 0.1) is 0 Å². The van der Waals surface area contributed by atoms with Crippen LogP contribution < -0.4 is 11.2 Å². The van der Waals surface area contributed by atoms with Crippen molar-refractivity contribution in [1.29, 1.82) is 0 Å². The first-order valence-electron chi connectivity index (χ1n) is 2.27. The van der Waals surface area contributed by atoms with Gasteiger partial charge in [0, 0.05) is 6.54 Å². The molecule has 0 unspecified atom stereocenters. The van der Waals surface area contributed by atoms with E-state index in [2.05, 4.69) is 5.32 Å². The highest BCUT2D eigenvalue weighted by Crippen LogP contribution is 1.81. The summed E-state index contributed by atoms with van der Waals surface area (Å²) in [6.07, 6.45) is 3.88. The van der Waals surface area contributed by atoms with E-state index < -0.39 is 0 Å². The largest absolute Gasteiger partial charge is 0.377 e. The maximum absolute atomic E-state index is 5.35. The van der Waals surface area contributed by atoms with Crippen molar-refractivity contribution >= 4 is 24.8 Å². The van der Waals surface area contributed by atoms with Gasteiger partial charge >= 0.3 is 0 Å². The van der Waals surface area contributed by atoms with Crippen molar-refractivity contribution in [1.82, 2.24) is 10.3 Å². The van der Waals surface area contributed by atoms with Gasteiger partial charge in [-0.2, -0.15) is 0 Å². The molecule has 1 rings (SSSR count). The van der Waals surface area contributed by atoms with Crippen molar-refractivity contribution in [3.05, 3.63) is 12.3 Å². The summed E-state index contributed by atoms with van der Waals surface area (Å²) in [5.74, 6) is 5.35. The van der Waals surface area contributed by atoms with Crippen molar-refractivity contribution in [3.63, 3.8) is 0 Å². The predicted octanol–water partition coefficient (Wildman–Crippen LogP) is 0.0801. The molecule has 3 N–H and O–H groups in total. The van der Waals surface area contributed by atoms with Crippen LogP contribution in [0.1, 0.15) is 0 Å². The molecule has 0 amide bonds. The van der Waals surface area contributed by atoms with E-state index in [4.69, 9.17) is 5.84 Å². The molecule has 0 saturated heterocycles. The molecule has 0 radical (unpaired) electrons. The zero-order chi connectivity index (χ0) is 5.11. The van der Waals surface area contributed by atoms with Crippen LogP contribution in [0.5, 0.6) is 0 Å². The van der Waals surface area contributed by atoms with Crippen LogP contribution in [-0.4, -0.2) is 18.2 Å². The molecule has 0 spiro atoms. The Labute approximate surface area is 67.1 Å². The van der Waals surface area contributed by atoms with Crippen LogP contribution in [0.25, 0.3) is 0 Å². The lowest BCUT2D eigenvalue weighted by molar-refractivity contribution is 0.291. The SMILES string of the molecule is Cl.Cl.NN1CC=CNC1. The summed E-state index contributed by atoms with van der Waals surface area (Å²) in [4.78, 5) is 0. The third-order valence-corrected chi connectivity index (χ3v) is 0.870. The summed E-state index contributed by atoms with van der Waals surface area (Å²) in [6.45, 7) is 1.61. The monoisotopic (exact) mass is 171 g/mol. The molecule has 0 aromatic carbocycles.